The molecule has 1 spiro atoms. The van der Waals surface area contributed by atoms with Crippen LogP contribution in [0.4, 0.5) is 11.4 Å². The van der Waals surface area contributed by atoms with Gasteiger partial charge < -0.3 is 24.5 Å². The highest BCUT2D eigenvalue weighted by molar-refractivity contribution is 8.02. The zero-order chi connectivity index (χ0) is 29.8. The molecule has 1 N–H and O–H groups in total. The van der Waals surface area contributed by atoms with Crippen molar-refractivity contribution in [3.05, 3.63) is 49.6 Å². The molecule has 0 radical (unpaired) electrons. The fraction of sp³-hybridized carbons (Fsp3) is 0.594. The number of likely N-dealkylation sites (tertiary alicyclic amines) is 1. The van der Waals surface area contributed by atoms with Gasteiger partial charge in [-0.15, -0.1) is 24.9 Å². The van der Waals surface area contributed by atoms with Crippen LogP contribution < -0.4 is 9.80 Å². The summed E-state index contributed by atoms with van der Waals surface area (Å²) < 4.78 is 4.48. The number of carbonyl (C=O) groups excluding carboxylic acids is 3. The molecule has 0 aliphatic carbocycles. The van der Waals surface area contributed by atoms with Crippen LogP contribution in [0.5, 0.6) is 0 Å². The van der Waals surface area contributed by atoms with Crippen LogP contribution in [-0.2, 0) is 19.1 Å². The van der Waals surface area contributed by atoms with E-state index < -0.39 is 27.4 Å². The molecule has 5 atom stereocenters. The summed E-state index contributed by atoms with van der Waals surface area (Å²) in [7, 11) is 0. The lowest BCUT2D eigenvalue weighted by molar-refractivity contribution is -0.155. The molecule has 3 fully saturated rings. The van der Waals surface area contributed by atoms with Gasteiger partial charge in [-0.05, 0) is 77.1 Å². The number of aliphatic hydroxyl groups is 1. The first-order chi connectivity index (χ1) is 19.7. The lowest BCUT2D eigenvalue weighted by atomic mass is 9.66. The summed E-state index contributed by atoms with van der Waals surface area (Å²) >= 11 is 1.63. The Bertz CT molecular complexity index is 1140. The van der Waals surface area contributed by atoms with E-state index in [9.17, 15) is 19.5 Å². The summed E-state index contributed by atoms with van der Waals surface area (Å²) in [6.07, 6.45) is 6.67. The Balaban J connectivity index is 1.69. The number of anilines is 2. The Morgan fingerprint density at radius 1 is 1.12 bits per heavy atom. The van der Waals surface area contributed by atoms with Crippen LogP contribution in [-0.4, -0.2) is 82.7 Å². The largest absolute Gasteiger partial charge is 0.465 e. The predicted molar refractivity (Wildman–Crippen MR) is 165 cm³/mol. The van der Waals surface area contributed by atoms with Crippen molar-refractivity contribution < 1.29 is 24.2 Å². The molecule has 9 heteroatoms. The minimum Gasteiger partial charge on any atom is -0.465 e. The van der Waals surface area contributed by atoms with E-state index in [2.05, 4.69) is 31.9 Å². The van der Waals surface area contributed by atoms with E-state index in [1.54, 1.807) is 33.7 Å². The van der Waals surface area contributed by atoms with Crippen molar-refractivity contribution in [2.75, 3.05) is 49.2 Å². The quantitative estimate of drug-likeness (QED) is 0.186. The summed E-state index contributed by atoms with van der Waals surface area (Å²) in [5.41, 5.74) is 1.82. The predicted octanol–water partition coefficient (Wildman–Crippen LogP) is 4.42. The van der Waals surface area contributed by atoms with E-state index >= 15 is 0 Å². The Morgan fingerprint density at radius 2 is 1.80 bits per heavy atom. The number of fused-ring (bicyclic) bond motifs is 1. The molecule has 3 aliphatic heterocycles. The van der Waals surface area contributed by atoms with E-state index in [0.717, 1.165) is 37.3 Å². The molecule has 3 heterocycles. The maximum Gasteiger partial charge on any atom is 0.311 e. The lowest BCUT2D eigenvalue weighted by Crippen LogP contribution is -2.55. The number of esters is 1. The molecule has 3 saturated heterocycles. The van der Waals surface area contributed by atoms with Crippen LogP contribution in [0.15, 0.2) is 49.6 Å². The van der Waals surface area contributed by atoms with Gasteiger partial charge in [0.15, 0.2) is 0 Å². The summed E-state index contributed by atoms with van der Waals surface area (Å²) in [6, 6.07) is 7.18. The molecule has 0 aromatic heterocycles. The second-order valence-corrected chi connectivity index (χ2v) is 13.3. The highest BCUT2D eigenvalue weighted by Gasteiger charge is 2.77. The SMILES string of the molecule is C=CCCCOC(=O)[C@H]1[C@H]2C(=O)N(CCCO)C(C(=O)N(CC=C)c3ccc(N(CC)CC)cc3)C23CC[C@]1(C)S3. The monoisotopic (exact) mass is 583 g/mol. The minimum atomic E-state index is -0.751. The number of ether oxygens (including phenoxy) is 1. The van der Waals surface area contributed by atoms with Crippen molar-refractivity contribution in [3.8, 4) is 0 Å². The third kappa shape index (κ3) is 5.55. The van der Waals surface area contributed by atoms with Gasteiger partial charge in [0.1, 0.15) is 6.04 Å². The molecule has 2 amide bonds. The zero-order valence-electron chi connectivity index (χ0n) is 24.7. The number of amides is 2. The Morgan fingerprint density at radius 3 is 2.41 bits per heavy atom. The van der Waals surface area contributed by atoms with Gasteiger partial charge in [-0.3, -0.25) is 14.4 Å². The van der Waals surface area contributed by atoms with Gasteiger partial charge in [-0.1, -0.05) is 12.2 Å². The molecule has 1 aromatic carbocycles. The van der Waals surface area contributed by atoms with Crippen LogP contribution in [0.3, 0.4) is 0 Å². The van der Waals surface area contributed by atoms with E-state index in [1.165, 1.54) is 0 Å². The maximum absolute atomic E-state index is 14.6. The Kier molecular flexibility index (Phi) is 9.90. The standard InChI is InChI=1S/C32H45N3O5S/c1-6-10-11-22-40-30(39)26-25-28(37)35(20-12-21-36)27(32(25)18-17-31(26,5)41-32)29(38)34(19-7-2)24-15-13-23(14-16-24)33(8-3)9-4/h6-7,13-16,25-27,36H,1-2,8-12,17-22H2,3-5H3/t25-,26+,27?,31-,32?/m0/s1. The number of hydrogen-bond donors (Lipinski definition) is 1. The van der Waals surface area contributed by atoms with Gasteiger partial charge in [0.25, 0.3) is 5.91 Å². The summed E-state index contributed by atoms with van der Waals surface area (Å²) in [6.45, 7) is 16.4. The number of carbonyl (C=O) groups is 3. The molecule has 3 aliphatic rings. The molecule has 1 aromatic rings. The lowest BCUT2D eigenvalue weighted by Gasteiger charge is -2.37. The molecule has 2 bridgehead atoms. The number of hydrogen-bond acceptors (Lipinski definition) is 7. The number of aliphatic hydroxyl groups excluding tert-OH is 1. The van der Waals surface area contributed by atoms with Crippen molar-refractivity contribution >= 4 is 40.9 Å². The highest BCUT2D eigenvalue weighted by atomic mass is 32.2. The van der Waals surface area contributed by atoms with Gasteiger partial charge in [-0.2, -0.15) is 0 Å². The number of allylic oxidation sites excluding steroid dienone is 1. The Hall–Kier alpha value is -2.78. The van der Waals surface area contributed by atoms with Gasteiger partial charge in [0.05, 0.1) is 23.2 Å². The van der Waals surface area contributed by atoms with Crippen LogP contribution in [0.25, 0.3) is 0 Å². The molecular formula is C32H45N3O5S. The van der Waals surface area contributed by atoms with Gasteiger partial charge in [0, 0.05) is 48.9 Å². The average Bonchev–Trinajstić information content (AvgIpc) is 3.54. The van der Waals surface area contributed by atoms with Gasteiger partial charge in [-0.25, -0.2) is 0 Å². The molecular weight excluding hydrogens is 538 g/mol. The summed E-state index contributed by atoms with van der Waals surface area (Å²) in [4.78, 5) is 47.8. The molecule has 4 rings (SSSR count). The third-order valence-corrected chi connectivity index (χ3v) is 11.0. The number of rotatable bonds is 15. The second-order valence-electron chi connectivity index (χ2n) is 11.4. The number of nitrogens with zero attached hydrogens (tertiary/aromatic N) is 3. The van der Waals surface area contributed by atoms with Gasteiger partial charge in [0.2, 0.25) is 5.91 Å². The number of unbranched alkanes of at least 4 members (excludes halogenated alkanes) is 1. The molecule has 41 heavy (non-hydrogen) atoms. The smallest absolute Gasteiger partial charge is 0.311 e. The van der Waals surface area contributed by atoms with E-state index in [4.69, 9.17) is 4.74 Å². The number of thioether (sulfide) groups is 1. The molecule has 0 saturated carbocycles. The maximum atomic E-state index is 14.6. The van der Waals surface area contributed by atoms with E-state index in [-0.39, 0.29) is 37.5 Å². The zero-order valence-corrected chi connectivity index (χ0v) is 25.5. The average molecular weight is 584 g/mol. The summed E-state index contributed by atoms with van der Waals surface area (Å²) in [5.74, 6) is -1.97. The summed E-state index contributed by atoms with van der Waals surface area (Å²) in [5, 5.41) is 9.64. The van der Waals surface area contributed by atoms with Crippen LogP contribution >= 0.6 is 11.8 Å². The first-order valence-electron chi connectivity index (χ1n) is 14.9. The minimum absolute atomic E-state index is 0.0921. The highest BCUT2D eigenvalue weighted by Crippen LogP contribution is 2.71. The number of benzene rings is 1. The van der Waals surface area contributed by atoms with E-state index in [1.807, 2.05) is 31.2 Å². The molecule has 2 unspecified atom stereocenters. The van der Waals surface area contributed by atoms with Crippen LogP contribution in [0.2, 0.25) is 0 Å². The van der Waals surface area contributed by atoms with E-state index in [0.29, 0.717) is 25.8 Å². The van der Waals surface area contributed by atoms with Crippen molar-refractivity contribution in [1.82, 2.24) is 4.90 Å². The fourth-order valence-corrected chi connectivity index (χ4v) is 9.41. The third-order valence-electron chi connectivity index (χ3n) is 8.99. The van der Waals surface area contributed by atoms with Crippen LogP contribution in [0, 0.1) is 11.8 Å². The first-order valence-corrected chi connectivity index (χ1v) is 15.7. The normalized spacial score (nSPS) is 28.0. The van der Waals surface area contributed by atoms with Crippen molar-refractivity contribution in [2.45, 2.75) is 68.4 Å². The second kappa shape index (κ2) is 13.0. The van der Waals surface area contributed by atoms with Crippen molar-refractivity contribution in [3.63, 3.8) is 0 Å². The Labute approximate surface area is 248 Å². The van der Waals surface area contributed by atoms with Crippen molar-refractivity contribution in [1.29, 1.82) is 0 Å². The first kappa shape index (κ1) is 31.2. The van der Waals surface area contributed by atoms with Crippen molar-refractivity contribution in [2.24, 2.45) is 11.8 Å². The molecule has 224 valence electrons. The molecule has 8 nitrogen and oxygen atoms in total. The van der Waals surface area contributed by atoms with Crippen LogP contribution in [0.1, 0.15) is 52.9 Å². The topological polar surface area (TPSA) is 90.4 Å². The van der Waals surface area contributed by atoms with Gasteiger partial charge >= 0.3 is 5.97 Å². The fourth-order valence-electron chi connectivity index (χ4n) is 7.07.